The third-order valence-electron chi connectivity index (χ3n) is 4.96. The van der Waals surface area contributed by atoms with Crippen molar-refractivity contribution in [2.24, 2.45) is 0 Å². The Morgan fingerprint density at radius 3 is 2.44 bits per heavy atom. The Kier molecular flexibility index (Phi) is 6.88. The number of nitrogens with zero attached hydrogens (tertiary/aromatic N) is 2. The Labute approximate surface area is 199 Å². The van der Waals surface area contributed by atoms with Gasteiger partial charge in [0.1, 0.15) is 5.82 Å². The first-order valence-electron chi connectivity index (χ1n) is 10.3. The van der Waals surface area contributed by atoms with E-state index in [0.29, 0.717) is 33.7 Å². The van der Waals surface area contributed by atoms with E-state index in [0.717, 1.165) is 11.1 Å². The second-order valence-electron chi connectivity index (χ2n) is 7.16. The average Bonchev–Trinajstić information content (AvgIpc) is 3.56. The molecule has 0 aliphatic rings. The van der Waals surface area contributed by atoms with Gasteiger partial charge >= 0.3 is 5.97 Å². The molecule has 10 heteroatoms. The van der Waals surface area contributed by atoms with Crippen LogP contribution in [-0.4, -0.2) is 47.2 Å². The van der Waals surface area contributed by atoms with E-state index in [9.17, 15) is 9.59 Å². The molecule has 1 amide bonds. The fourth-order valence-electron chi connectivity index (χ4n) is 3.14. The van der Waals surface area contributed by atoms with Crippen molar-refractivity contribution >= 4 is 28.3 Å². The van der Waals surface area contributed by atoms with Crippen molar-refractivity contribution < 1.29 is 23.8 Å². The van der Waals surface area contributed by atoms with Crippen molar-refractivity contribution in [3.63, 3.8) is 0 Å². The minimum atomic E-state index is -1.01. The van der Waals surface area contributed by atoms with E-state index in [1.807, 2.05) is 11.4 Å². The zero-order valence-electron chi connectivity index (χ0n) is 18.7. The monoisotopic (exact) mass is 478 g/mol. The molecule has 2 aromatic carbocycles. The summed E-state index contributed by atoms with van der Waals surface area (Å²) in [5, 5.41) is 4.89. The molecule has 1 unspecified atom stereocenters. The summed E-state index contributed by atoms with van der Waals surface area (Å²) in [5.41, 5.74) is 2.65. The molecule has 4 rings (SSSR count). The van der Waals surface area contributed by atoms with Crippen LogP contribution >= 0.6 is 11.3 Å². The fraction of sp³-hybridized carbons (Fsp3) is 0.167. The Hall–Kier alpha value is -4.18. The van der Waals surface area contributed by atoms with Crippen LogP contribution in [0.3, 0.4) is 0 Å². The molecule has 0 aliphatic heterocycles. The summed E-state index contributed by atoms with van der Waals surface area (Å²) >= 11 is 1.26. The summed E-state index contributed by atoms with van der Waals surface area (Å²) in [6.07, 6.45) is 2.36. The van der Waals surface area contributed by atoms with Crippen molar-refractivity contribution in [2.45, 2.75) is 13.0 Å². The van der Waals surface area contributed by atoms with Crippen LogP contribution in [-0.2, 0) is 9.53 Å². The fourth-order valence-corrected chi connectivity index (χ4v) is 3.86. The third-order valence-corrected chi connectivity index (χ3v) is 5.72. The lowest BCUT2D eigenvalue weighted by atomic mass is 10.1. The van der Waals surface area contributed by atoms with Gasteiger partial charge in [0.05, 0.1) is 25.5 Å². The number of ether oxygens (including phenoxy) is 3. The summed E-state index contributed by atoms with van der Waals surface area (Å²) in [7, 11) is 3.13. The molecular formula is C24H22N4O5S. The lowest BCUT2D eigenvalue weighted by Crippen LogP contribution is -2.29. The Bertz CT molecular complexity index is 1290. The number of imidazole rings is 1. The first kappa shape index (κ1) is 23.0. The van der Waals surface area contributed by atoms with Gasteiger partial charge < -0.3 is 19.2 Å². The second kappa shape index (κ2) is 10.2. The van der Waals surface area contributed by atoms with Crippen molar-refractivity contribution in [1.82, 2.24) is 15.0 Å². The second-order valence-corrected chi connectivity index (χ2v) is 8.02. The van der Waals surface area contributed by atoms with Crippen molar-refractivity contribution in [3.05, 3.63) is 65.8 Å². The largest absolute Gasteiger partial charge is 0.493 e. The normalized spacial score (nSPS) is 11.5. The van der Waals surface area contributed by atoms with Gasteiger partial charge in [0.25, 0.3) is 5.91 Å². The maximum absolute atomic E-state index is 12.5. The molecule has 9 nitrogen and oxygen atoms in total. The zero-order chi connectivity index (χ0) is 24.1. The number of hydrogen-bond donors (Lipinski definition) is 2. The number of thiazole rings is 1. The van der Waals surface area contributed by atoms with Crippen molar-refractivity contribution in [2.75, 3.05) is 19.5 Å². The van der Waals surface area contributed by atoms with E-state index >= 15 is 0 Å². The zero-order valence-corrected chi connectivity index (χ0v) is 19.5. The minimum Gasteiger partial charge on any atom is -0.493 e. The Balaban J connectivity index is 1.37. The Morgan fingerprint density at radius 1 is 1.03 bits per heavy atom. The van der Waals surface area contributed by atoms with Gasteiger partial charge in [0.15, 0.2) is 22.7 Å². The molecule has 174 valence electrons. The number of aromatic nitrogens is 3. The first-order chi connectivity index (χ1) is 16.5. The molecule has 2 aromatic heterocycles. The number of esters is 1. The summed E-state index contributed by atoms with van der Waals surface area (Å²) in [4.78, 5) is 36.6. The SMILES string of the molecule is COc1ccc(-c2csc(NC(=O)C(C)OC(=O)c3ccc(-c4ncc[nH]4)cc3)n2)cc1OC. The van der Waals surface area contributed by atoms with Crippen LogP contribution in [0.5, 0.6) is 11.5 Å². The topological polar surface area (TPSA) is 115 Å². The number of nitrogens with one attached hydrogen (secondary N) is 2. The molecule has 34 heavy (non-hydrogen) atoms. The molecule has 1 atom stereocenters. The van der Waals surface area contributed by atoms with Gasteiger partial charge in [-0.3, -0.25) is 10.1 Å². The highest BCUT2D eigenvalue weighted by molar-refractivity contribution is 7.14. The van der Waals surface area contributed by atoms with Gasteiger partial charge in [-0.2, -0.15) is 0 Å². The van der Waals surface area contributed by atoms with Gasteiger partial charge in [0, 0.05) is 28.9 Å². The van der Waals surface area contributed by atoms with Crippen LogP contribution in [0.4, 0.5) is 5.13 Å². The molecule has 0 bridgehead atoms. The summed E-state index contributed by atoms with van der Waals surface area (Å²) < 4.78 is 15.9. The highest BCUT2D eigenvalue weighted by atomic mass is 32.1. The van der Waals surface area contributed by atoms with Crippen LogP contribution in [0.25, 0.3) is 22.6 Å². The number of methoxy groups -OCH3 is 2. The molecular weight excluding hydrogens is 456 g/mol. The van der Waals surface area contributed by atoms with Gasteiger partial charge in [-0.1, -0.05) is 12.1 Å². The van der Waals surface area contributed by atoms with Gasteiger partial charge in [-0.05, 0) is 37.3 Å². The number of amides is 1. The van der Waals surface area contributed by atoms with E-state index in [1.54, 1.807) is 63.0 Å². The third kappa shape index (κ3) is 5.07. The van der Waals surface area contributed by atoms with Gasteiger partial charge in [0.2, 0.25) is 0 Å². The highest BCUT2D eigenvalue weighted by Crippen LogP contribution is 2.33. The van der Waals surface area contributed by atoms with Crippen molar-refractivity contribution in [1.29, 1.82) is 0 Å². The van der Waals surface area contributed by atoms with Gasteiger partial charge in [-0.15, -0.1) is 11.3 Å². The molecule has 2 N–H and O–H groups in total. The highest BCUT2D eigenvalue weighted by Gasteiger charge is 2.20. The molecule has 2 heterocycles. The van der Waals surface area contributed by atoms with E-state index in [-0.39, 0.29) is 0 Å². The van der Waals surface area contributed by atoms with Crippen LogP contribution in [0, 0.1) is 0 Å². The number of hydrogen-bond acceptors (Lipinski definition) is 8. The van der Waals surface area contributed by atoms with E-state index in [2.05, 4.69) is 20.3 Å². The van der Waals surface area contributed by atoms with E-state index in [1.165, 1.54) is 18.3 Å². The molecule has 0 saturated heterocycles. The van der Waals surface area contributed by atoms with Gasteiger partial charge in [-0.25, -0.2) is 14.8 Å². The average molecular weight is 479 g/mol. The number of carbonyl (C=O) groups is 2. The molecule has 0 fully saturated rings. The predicted octanol–water partition coefficient (Wildman–Crippen LogP) is 4.40. The number of carbonyl (C=O) groups excluding carboxylic acids is 2. The van der Waals surface area contributed by atoms with Crippen LogP contribution < -0.4 is 14.8 Å². The number of rotatable bonds is 8. The van der Waals surface area contributed by atoms with Crippen LogP contribution in [0.1, 0.15) is 17.3 Å². The molecule has 0 aliphatic carbocycles. The predicted molar refractivity (Wildman–Crippen MR) is 128 cm³/mol. The summed E-state index contributed by atoms with van der Waals surface area (Å²) in [6, 6.07) is 12.2. The lowest BCUT2D eigenvalue weighted by molar-refractivity contribution is -0.123. The number of aromatic amines is 1. The maximum atomic E-state index is 12.5. The van der Waals surface area contributed by atoms with E-state index < -0.39 is 18.0 Å². The molecule has 0 saturated carbocycles. The molecule has 4 aromatic rings. The Morgan fingerprint density at radius 2 is 1.76 bits per heavy atom. The molecule has 0 radical (unpaired) electrons. The standard InChI is InChI=1S/C24H22N4O5S/c1-14(33-23(30)16-6-4-15(5-7-16)21-25-10-11-26-21)22(29)28-24-27-18(13-34-24)17-8-9-19(31-2)20(12-17)32-3/h4-14H,1-3H3,(H,25,26)(H,27,28,29). The summed E-state index contributed by atoms with van der Waals surface area (Å²) in [5.74, 6) is 0.814. The number of H-pyrrole nitrogens is 1. The maximum Gasteiger partial charge on any atom is 0.338 e. The smallest absolute Gasteiger partial charge is 0.338 e. The lowest BCUT2D eigenvalue weighted by Gasteiger charge is -2.12. The van der Waals surface area contributed by atoms with Crippen LogP contribution in [0.2, 0.25) is 0 Å². The summed E-state index contributed by atoms with van der Waals surface area (Å²) in [6.45, 7) is 1.51. The first-order valence-corrected chi connectivity index (χ1v) is 11.2. The van der Waals surface area contributed by atoms with Crippen LogP contribution in [0.15, 0.2) is 60.2 Å². The number of anilines is 1. The molecule has 0 spiro atoms. The minimum absolute atomic E-state index is 0.333. The number of benzene rings is 2. The van der Waals surface area contributed by atoms with E-state index in [4.69, 9.17) is 14.2 Å². The quantitative estimate of drug-likeness (QED) is 0.361. The van der Waals surface area contributed by atoms with Crippen molar-refractivity contribution in [3.8, 4) is 34.1 Å².